The lowest BCUT2D eigenvalue weighted by Gasteiger charge is -2.33. The topological polar surface area (TPSA) is 18.5 Å². The lowest BCUT2D eigenvalue weighted by molar-refractivity contribution is -0.233. The van der Waals surface area contributed by atoms with Gasteiger partial charge in [-0.25, -0.2) is 0 Å². The molecule has 3 atom stereocenters. The van der Waals surface area contributed by atoms with Gasteiger partial charge in [-0.05, 0) is 25.3 Å². The van der Waals surface area contributed by atoms with Crippen LogP contribution < -0.4 is 0 Å². The van der Waals surface area contributed by atoms with Crippen molar-refractivity contribution in [3.05, 3.63) is 35.4 Å². The fraction of sp³-hybridized carbons (Fsp3) is 0.647. The van der Waals surface area contributed by atoms with Gasteiger partial charge >= 0.3 is 0 Å². The van der Waals surface area contributed by atoms with Crippen LogP contribution in [0, 0.1) is 5.92 Å². The Morgan fingerprint density at radius 1 is 1.11 bits per heavy atom. The number of aryl methyl sites for hydroxylation is 1. The van der Waals surface area contributed by atoms with Crippen LogP contribution in [0.5, 0.6) is 0 Å². The lowest BCUT2D eigenvalue weighted by Crippen LogP contribution is -2.32. The summed E-state index contributed by atoms with van der Waals surface area (Å²) in [5.74, 6) is 0.476. The average Bonchev–Trinajstić information content (AvgIpc) is 2.43. The standard InChI is InChI=1S/C17H26O2/c1-4-5-6-7-15-8-10-16(11-9-15)17-18-12-13(2)14(3)19-17/h8-11,13-14,17H,4-7,12H2,1-3H3. The molecule has 1 aromatic rings. The summed E-state index contributed by atoms with van der Waals surface area (Å²) in [6.45, 7) is 7.31. The lowest BCUT2D eigenvalue weighted by atomic mass is 10.0. The minimum atomic E-state index is -0.184. The van der Waals surface area contributed by atoms with Gasteiger partial charge in [0, 0.05) is 11.5 Å². The highest BCUT2D eigenvalue weighted by atomic mass is 16.7. The summed E-state index contributed by atoms with van der Waals surface area (Å²) in [7, 11) is 0. The van der Waals surface area contributed by atoms with E-state index in [0.717, 1.165) is 12.2 Å². The minimum absolute atomic E-state index is 0.184. The summed E-state index contributed by atoms with van der Waals surface area (Å²) < 4.78 is 11.7. The zero-order valence-corrected chi connectivity index (χ0v) is 12.4. The molecule has 1 aliphatic rings. The molecule has 0 aliphatic carbocycles. The molecule has 19 heavy (non-hydrogen) atoms. The molecule has 2 nitrogen and oxygen atoms in total. The molecule has 1 heterocycles. The van der Waals surface area contributed by atoms with Gasteiger partial charge in [-0.15, -0.1) is 0 Å². The first-order valence-corrected chi connectivity index (χ1v) is 7.56. The zero-order chi connectivity index (χ0) is 13.7. The molecule has 1 aliphatic heterocycles. The second-order valence-corrected chi connectivity index (χ2v) is 5.68. The van der Waals surface area contributed by atoms with Crippen molar-refractivity contribution in [2.75, 3.05) is 6.61 Å². The van der Waals surface area contributed by atoms with Crippen LogP contribution in [-0.2, 0) is 15.9 Å². The molecule has 0 radical (unpaired) electrons. The van der Waals surface area contributed by atoms with Gasteiger partial charge in [-0.1, -0.05) is 51.0 Å². The van der Waals surface area contributed by atoms with Gasteiger partial charge in [-0.2, -0.15) is 0 Å². The molecule has 0 aromatic heterocycles. The van der Waals surface area contributed by atoms with Crippen LogP contribution in [0.25, 0.3) is 0 Å². The molecule has 106 valence electrons. The van der Waals surface area contributed by atoms with Crippen LogP contribution in [-0.4, -0.2) is 12.7 Å². The Morgan fingerprint density at radius 2 is 1.84 bits per heavy atom. The molecule has 1 fully saturated rings. The Morgan fingerprint density at radius 3 is 2.47 bits per heavy atom. The quantitative estimate of drug-likeness (QED) is 0.728. The Labute approximate surface area is 117 Å². The summed E-state index contributed by atoms with van der Waals surface area (Å²) in [5, 5.41) is 0. The summed E-state index contributed by atoms with van der Waals surface area (Å²) >= 11 is 0. The first-order chi connectivity index (χ1) is 9.20. The van der Waals surface area contributed by atoms with Crippen LogP contribution in [0.1, 0.15) is 57.5 Å². The van der Waals surface area contributed by atoms with Crippen molar-refractivity contribution >= 4 is 0 Å². The predicted octanol–water partition coefficient (Wildman–Crippen LogP) is 4.49. The van der Waals surface area contributed by atoms with Crippen molar-refractivity contribution in [1.82, 2.24) is 0 Å². The first kappa shape index (κ1) is 14.5. The van der Waals surface area contributed by atoms with Crippen molar-refractivity contribution in [2.24, 2.45) is 5.92 Å². The normalized spacial score (nSPS) is 27.4. The number of rotatable bonds is 5. The molecule has 1 saturated heterocycles. The van der Waals surface area contributed by atoms with Crippen molar-refractivity contribution in [1.29, 1.82) is 0 Å². The third-order valence-electron chi connectivity index (χ3n) is 3.97. The van der Waals surface area contributed by atoms with Gasteiger partial charge in [0.15, 0.2) is 6.29 Å². The van der Waals surface area contributed by atoms with E-state index >= 15 is 0 Å². The molecular formula is C17H26O2. The Balaban J connectivity index is 1.91. The van der Waals surface area contributed by atoms with E-state index in [-0.39, 0.29) is 12.4 Å². The smallest absolute Gasteiger partial charge is 0.184 e. The van der Waals surface area contributed by atoms with Gasteiger partial charge in [0.25, 0.3) is 0 Å². The van der Waals surface area contributed by atoms with E-state index in [4.69, 9.17) is 9.47 Å². The average molecular weight is 262 g/mol. The van der Waals surface area contributed by atoms with Gasteiger partial charge in [0.05, 0.1) is 12.7 Å². The predicted molar refractivity (Wildman–Crippen MR) is 78.1 cm³/mol. The van der Waals surface area contributed by atoms with E-state index in [9.17, 15) is 0 Å². The molecule has 2 rings (SSSR count). The summed E-state index contributed by atoms with van der Waals surface area (Å²) in [6.07, 6.45) is 5.12. The maximum absolute atomic E-state index is 5.90. The maximum atomic E-state index is 5.90. The number of unbranched alkanes of at least 4 members (excludes halogenated alkanes) is 2. The number of hydrogen-bond acceptors (Lipinski definition) is 2. The maximum Gasteiger partial charge on any atom is 0.184 e. The Bertz CT molecular complexity index is 371. The fourth-order valence-electron chi connectivity index (χ4n) is 2.34. The van der Waals surface area contributed by atoms with Crippen LogP contribution in [0.4, 0.5) is 0 Å². The molecule has 1 aromatic carbocycles. The highest BCUT2D eigenvalue weighted by Crippen LogP contribution is 2.29. The molecule has 2 heteroatoms. The highest BCUT2D eigenvalue weighted by molar-refractivity contribution is 5.23. The van der Waals surface area contributed by atoms with E-state index in [0.29, 0.717) is 5.92 Å². The largest absolute Gasteiger partial charge is 0.348 e. The monoisotopic (exact) mass is 262 g/mol. The van der Waals surface area contributed by atoms with Crippen molar-refractivity contribution in [2.45, 2.75) is 58.8 Å². The summed E-state index contributed by atoms with van der Waals surface area (Å²) in [6, 6.07) is 8.71. The van der Waals surface area contributed by atoms with E-state index in [1.807, 2.05) is 0 Å². The summed E-state index contributed by atoms with van der Waals surface area (Å²) in [4.78, 5) is 0. The fourth-order valence-corrected chi connectivity index (χ4v) is 2.34. The number of benzene rings is 1. The summed E-state index contributed by atoms with van der Waals surface area (Å²) in [5.41, 5.74) is 2.55. The minimum Gasteiger partial charge on any atom is -0.348 e. The van der Waals surface area contributed by atoms with Crippen LogP contribution in [0.2, 0.25) is 0 Å². The van der Waals surface area contributed by atoms with Crippen LogP contribution in [0.3, 0.4) is 0 Å². The highest BCUT2D eigenvalue weighted by Gasteiger charge is 2.26. The molecule has 0 amide bonds. The molecule has 0 bridgehead atoms. The second-order valence-electron chi connectivity index (χ2n) is 5.68. The second kappa shape index (κ2) is 7.06. The van der Waals surface area contributed by atoms with E-state index in [2.05, 4.69) is 45.0 Å². The van der Waals surface area contributed by atoms with Gasteiger partial charge in [0.1, 0.15) is 0 Å². The Hall–Kier alpha value is -0.860. The number of hydrogen-bond donors (Lipinski definition) is 0. The number of ether oxygens (including phenoxy) is 2. The molecule has 0 saturated carbocycles. The molecular weight excluding hydrogens is 236 g/mol. The van der Waals surface area contributed by atoms with Crippen molar-refractivity contribution < 1.29 is 9.47 Å². The van der Waals surface area contributed by atoms with Gasteiger partial charge in [0.2, 0.25) is 0 Å². The Kier molecular flexibility index (Phi) is 5.41. The molecule has 3 unspecified atom stereocenters. The SMILES string of the molecule is CCCCCc1ccc(C2OCC(C)C(C)O2)cc1. The van der Waals surface area contributed by atoms with E-state index in [1.165, 1.54) is 31.2 Å². The van der Waals surface area contributed by atoms with E-state index < -0.39 is 0 Å². The van der Waals surface area contributed by atoms with Crippen LogP contribution in [0.15, 0.2) is 24.3 Å². The van der Waals surface area contributed by atoms with Crippen LogP contribution >= 0.6 is 0 Å². The van der Waals surface area contributed by atoms with Gasteiger partial charge < -0.3 is 9.47 Å². The zero-order valence-electron chi connectivity index (χ0n) is 12.4. The van der Waals surface area contributed by atoms with Crippen molar-refractivity contribution in [3.63, 3.8) is 0 Å². The van der Waals surface area contributed by atoms with E-state index in [1.54, 1.807) is 0 Å². The molecule has 0 N–H and O–H groups in total. The van der Waals surface area contributed by atoms with Gasteiger partial charge in [-0.3, -0.25) is 0 Å². The first-order valence-electron chi connectivity index (χ1n) is 7.56. The third kappa shape index (κ3) is 4.05. The third-order valence-corrected chi connectivity index (χ3v) is 3.97. The van der Waals surface area contributed by atoms with Crippen molar-refractivity contribution in [3.8, 4) is 0 Å². The molecule has 0 spiro atoms.